The summed E-state index contributed by atoms with van der Waals surface area (Å²) in [6, 6.07) is 8.66. The topological polar surface area (TPSA) is 112 Å². The Bertz CT molecular complexity index is 873. The molecule has 0 saturated heterocycles. The summed E-state index contributed by atoms with van der Waals surface area (Å²) in [6.07, 6.45) is 2.03. The van der Waals surface area contributed by atoms with Crippen molar-refractivity contribution in [3.63, 3.8) is 0 Å². The molecule has 0 radical (unpaired) electrons. The van der Waals surface area contributed by atoms with Gasteiger partial charge in [-0.1, -0.05) is 44.2 Å². The monoisotopic (exact) mass is 556 g/mol. The molecule has 0 aliphatic heterocycles. The summed E-state index contributed by atoms with van der Waals surface area (Å²) in [4.78, 5) is 41.0. The summed E-state index contributed by atoms with van der Waals surface area (Å²) >= 11 is 0. The van der Waals surface area contributed by atoms with E-state index in [0.717, 1.165) is 12.0 Å². The normalized spacial score (nSPS) is 12.0. The molecule has 0 aliphatic carbocycles. The van der Waals surface area contributed by atoms with Gasteiger partial charge in [0.15, 0.2) is 0 Å². The molecule has 0 bridgehead atoms. The number of methoxy groups -OCH3 is 1. The van der Waals surface area contributed by atoms with Crippen molar-refractivity contribution in [2.24, 2.45) is 0 Å². The number of amides is 2. The smallest absolute Gasteiger partial charge is 0.410 e. The zero-order chi connectivity index (χ0) is 28.4. The first-order chi connectivity index (χ1) is 18.2. The van der Waals surface area contributed by atoms with Crippen molar-refractivity contribution in [1.82, 2.24) is 9.80 Å². The number of hydrogen-bond donors (Lipinski definition) is 0. The number of esters is 1. The fourth-order valence-electron chi connectivity index (χ4n) is 3.98. The number of hydrogen-bond acceptors (Lipinski definition) is 8. The second-order valence-electron chi connectivity index (χ2n) is 8.67. The molecule has 1 rings (SSSR count). The van der Waals surface area contributed by atoms with Crippen LogP contribution >= 0.6 is 7.60 Å². The van der Waals surface area contributed by atoms with Crippen LogP contribution in [0.15, 0.2) is 30.3 Å². The molecule has 1 aromatic carbocycles. The van der Waals surface area contributed by atoms with Crippen molar-refractivity contribution in [3.05, 3.63) is 35.9 Å². The molecule has 0 aromatic heterocycles. The van der Waals surface area contributed by atoms with Crippen LogP contribution in [0.1, 0.15) is 65.4 Å². The summed E-state index contributed by atoms with van der Waals surface area (Å²) in [5, 5.41) is 0. The molecule has 10 nitrogen and oxygen atoms in total. The molecule has 0 spiro atoms. The maximum atomic E-state index is 13.0. The van der Waals surface area contributed by atoms with E-state index < -0.39 is 25.7 Å². The first-order valence-corrected chi connectivity index (χ1v) is 15.2. The van der Waals surface area contributed by atoms with Crippen LogP contribution in [-0.2, 0) is 39.3 Å². The summed E-state index contributed by atoms with van der Waals surface area (Å²) in [5.74, 6) is -0.551. The average molecular weight is 557 g/mol. The summed E-state index contributed by atoms with van der Waals surface area (Å²) < 4.78 is 34.2. The zero-order valence-corrected chi connectivity index (χ0v) is 24.5. The van der Waals surface area contributed by atoms with Gasteiger partial charge < -0.3 is 28.3 Å². The van der Waals surface area contributed by atoms with Gasteiger partial charge in [-0.3, -0.25) is 9.36 Å². The second kappa shape index (κ2) is 18.8. The minimum atomic E-state index is -3.35. The highest BCUT2D eigenvalue weighted by Crippen LogP contribution is 2.47. The third kappa shape index (κ3) is 12.0. The van der Waals surface area contributed by atoms with Gasteiger partial charge in [0.2, 0.25) is 5.91 Å². The summed E-state index contributed by atoms with van der Waals surface area (Å²) in [5.41, 5.74) is 0.854. The Morgan fingerprint density at radius 3 is 2.13 bits per heavy atom. The molecule has 0 unspecified atom stereocenters. The van der Waals surface area contributed by atoms with Gasteiger partial charge in [0, 0.05) is 26.1 Å². The third-order valence-electron chi connectivity index (χ3n) is 5.85. The Morgan fingerprint density at radius 2 is 1.58 bits per heavy atom. The van der Waals surface area contributed by atoms with Crippen molar-refractivity contribution < 1.29 is 37.5 Å². The van der Waals surface area contributed by atoms with Crippen LogP contribution in [0.2, 0.25) is 0 Å². The van der Waals surface area contributed by atoms with E-state index in [9.17, 15) is 18.9 Å². The van der Waals surface area contributed by atoms with E-state index in [1.807, 2.05) is 37.3 Å². The number of rotatable bonds is 19. The second-order valence-corrected chi connectivity index (χ2v) is 10.9. The number of unbranched alkanes of at least 4 members (excludes halogenated alkanes) is 1. The molecule has 1 aromatic rings. The van der Waals surface area contributed by atoms with Crippen LogP contribution in [0.3, 0.4) is 0 Å². The van der Waals surface area contributed by atoms with E-state index in [4.69, 9.17) is 18.5 Å². The quantitative estimate of drug-likeness (QED) is 0.129. The standard InChI is InChI=1S/C27H45N2O8P/c1-6-18-29(25(30)7-2)24(26(31)34-5)17-13-14-19-28(20-21-38(33,36-8-3)37-9-4)27(32)35-22-23-15-11-10-12-16-23/h10-12,15-16,24H,6-9,13-14,17-22H2,1-5H3/t24-/m1/s1. The molecular formula is C27H45N2O8P. The number of benzene rings is 1. The molecule has 0 heterocycles. The predicted molar refractivity (Wildman–Crippen MR) is 146 cm³/mol. The predicted octanol–water partition coefficient (Wildman–Crippen LogP) is 5.25. The number of carbonyl (C=O) groups is 3. The molecule has 11 heteroatoms. The minimum Gasteiger partial charge on any atom is -0.467 e. The lowest BCUT2D eigenvalue weighted by Gasteiger charge is -2.30. The van der Waals surface area contributed by atoms with Crippen LogP contribution < -0.4 is 0 Å². The summed E-state index contributed by atoms with van der Waals surface area (Å²) in [7, 11) is -2.04. The van der Waals surface area contributed by atoms with Gasteiger partial charge >= 0.3 is 19.7 Å². The van der Waals surface area contributed by atoms with Gasteiger partial charge in [0.1, 0.15) is 12.6 Å². The maximum absolute atomic E-state index is 13.0. The fraction of sp³-hybridized carbons (Fsp3) is 0.667. The van der Waals surface area contributed by atoms with E-state index in [1.54, 1.807) is 25.7 Å². The average Bonchev–Trinajstić information content (AvgIpc) is 2.92. The summed E-state index contributed by atoms with van der Waals surface area (Å²) in [6.45, 7) is 8.67. The molecule has 38 heavy (non-hydrogen) atoms. The van der Waals surface area contributed by atoms with E-state index in [-0.39, 0.29) is 38.4 Å². The van der Waals surface area contributed by atoms with Crippen LogP contribution in [0.4, 0.5) is 4.79 Å². The number of ether oxygens (including phenoxy) is 2. The first kappa shape index (κ1) is 33.6. The Morgan fingerprint density at radius 1 is 0.921 bits per heavy atom. The van der Waals surface area contributed by atoms with Crippen molar-refractivity contribution in [1.29, 1.82) is 0 Å². The lowest BCUT2D eigenvalue weighted by Crippen LogP contribution is -2.46. The Kier molecular flexibility index (Phi) is 16.6. The third-order valence-corrected chi connectivity index (χ3v) is 7.90. The maximum Gasteiger partial charge on any atom is 0.410 e. The van der Waals surface area contributed by atoms with E-state index in [0.29, 0.717) is 38.8 Å². The van der Waals surface area contributed by atoms with Gasteiger partial charge in [-0.05, 0) is 45.1 Å². The van der Waals surface area contributed by atoms with E-state index in [1.165, 1.54) is 12.0 Å². The molecule has 2 amide bonds. The first-order valence-electron chi connectivity index (χ1n) is 13.5. The Balaban J connectivity index is 2.88. The lowest BCUT2D eigenvalue weighted by molar-refractivity contribution is -0.153. The highest BCUT2D eigenvalue weighted by molar-refractivity contribution is 7.53. The molecule has 0 aliphatic rings. The number of carbonyl (C=O) groups excluding carboxylic acids is 3. The largest absolute Gasteiger partial charge is 0.467 e. The fourth-order valence-corrected chi connectivity index (χ4v) is 5.59. The molecule has 0 fully saturated rings. The van der Waals surface area contributed by atoms with Crippen molar-refractivity contribution in [2.75, 3.05) is 46.1 Å². The van der Waals surface area contributed by atoms with Crippen LogP contribution in [-0.4, -0.2) is 79.9 Å². The molecule has 0 N–H and O–H groups in total. The molecule has 1 atom stereocenters. The van der Waals surface area contributed by atoms with Gasteiger partial charge in [-0.2, -0.15) is 0 Å². The highest BCUT2D eigenvalue weighted by atomic mass is 31.2. The lowest BCUT2D eigenvalue weighted by atomic mass is 10.1. The van der Waals surface area contributed by atoms with Crippen LogP contribution in [0.25, 0.3) is 0 Å². The van der Waals surface area contributed by atoms with Gasteiger partial charge in [0.25, 0.3) is 0 Å². The minimum absolute atomic E-state index is 0.0369. The van der Waals surface area contributed by atoms with Crippen molar-refractivity contribution in [2.45, 2.75) is 72.4 Å². The molecular weight excluding hydrogens is 511 g/mol. The SMILES string of the molecule is CCCN(C(=O)CC)[C@H](CCCCN(CCP(=O)(OCC)OCC)C(=O)OCc1ccccc1)C(=O)OC. The van der Waals surface area contributed by atoms with Crippen molar-refractivity contribution >= 4 is 25.6 Å². The van der Waals surface area contributed by atoms with Gasteiger partial charge in [-0.25, -0.2) is 9.59 Å². The van der Waals surface area contributed by atoms with Gasteiger partial charge in [-0.15, -0.1) is 0 Å². The van der Waals surface area contributed by atoms with Crippen LogP contribution in [0.5, 0.6) is 0 Å². The Labute approximate surface area is 227 Å². The Hall–Kier alpha value is -2.42. The molecule has 216 valence electrons. The zero-order valence-electron chi connectivity index (χ0n) is 23.6. The highest BCUT2D eigenvalue weighted by Gasteiger charge is 2.30. The van der Waals surface area contributed by atoms with E-state index >= 15 is 0 Å². The number of nitrogens with zero attached hydrogens (tertiary/aromatic N) is 2. The van der Waals surface area contributed by atoms with Gasteiger partial charge in [0.05, 0.1) is 26.5 Å². The van der Waals surface area contributed by atoms with Crippen LogP contribution in [0, 0.1) is 0 Å². The van der Waals surface area contributed by atoms with E-state index in [2.05, 4.69) is 0 Å². The molecule has 0 saturated carbocycles. The van der Waals surface area contributed by atoms with Crippen molar-refractivity contribution in [3.8, 4) is 0 Å².